The van der Waals surface area contributed by atoms with E-state index in [1.165, 1.54) is 24.3 Å². The fourth-order valence-electron chi connectivity index (χ4n) is 3.28. The summed E-state index contributed by atoms with van der Waals surface area (Å²) < 4.78 is 33.9. The number of nitrogens with one attached hydrogen (secondary N) is 2. The van der Waals surface area contributed by atoms with Crippen LogP contribution in [0.4, 0.5) is 0 Å². The molecule has 1 amide bonds. The molecule has 1 aliphatic rings. The van der Waals surface area contributed by atoms with E-state index in [1.807, 2.05) is 24.3 Å². The molecule has 1 atom stereocenters. The number of halogens is 1. The van der Waals surface area contributed by atoms with Crippen LogP contribution in [0.25, 0.3) is 0 Å². The molecule has 2 aromatic rings. The summed E-state index contributed by atoms with van der Waals surface area (Å²) in [4.78, 5) is 12.7. The maximum Gasteiger partial charge on any atom is 0.251 e. The first-order valence-corrected chi connectivity index (χ1v) is 12.2. The summed E-state index contributed by atoms with van der Waals surface area (Å²) in [7, 11) is -3.63. The van der Waals surface area contributed by atoms with Crippen LogP contribution in [0.1, 0.15) is 42.6 Å². The average molecular weight is 495 g/mol. The molecule has 0 saturated carbocycles. The number of hydrogen-bond donors (Lipinski definition) is 2. The number of carbonyl (C=O) groups is 1. The maximum atomic E-state index is 12.5. The predicted octanol–water partition coefficient (Wildman–Crippen LogP) is 3.61. The summed E-state index contributed by atoms with van der Waals surface area (Å²) >= 11 is 3.43. The number of rotatable bonds is 8. The molecule has 1 heterocycles. The summed E-state index contributed by atoms with van der Waals surface area (Å²) in [5.74, 6) is -0.239. The fraction of sp³-hybridized carbons (Fsp3) is 0.409. The van der Waals surface area contributed by atoms with Crippen LogP contribution in [-0.2, 0) is 20.2 Å². The largest absolute Gasteiger partial charge is 0.377 e. The first-order chi connectivity index (χ1) is 14.2. The normalized spacial score (nSPS) is 17.1. The molecule has 0 radical (unpaired) electrons. The van der Waals surface area contributed by atoms with Gasteiger partial charge in [0.05, 0.1) is 11.0 Å². The van der Waals surface area contributed by atoms with Gasteiger partial charge in [-0.2, -0.15) is 0 Å². The number of amides is 1. The van der Waals surface area contributed by atoms with Gasteiger partial charge in [-0.15, -0.1) is 0 Å². The second-order valence-corrected chi connectivity index (χ2v) is 10.8. The molecule has 8 heteroatoms. The maximum absolute atomic E-state index is 12.5. The Kier molecular flexibility index (Phi) is 7.34. The lowest BCUT2D eigenvalue weighted by molar-refractivity contribution is 0.0945. The van der Waals surface area contributed by atoms with E-state index in [0.29, 0.717) is 18.7 Å². The van der Waals surface area contributed by atoms with Crippen LogP contribution >= 0.6 is 15.9 Å². The van der Waals surface area contributed by atoms with Crippen LogP contribution in [-0.4, -0.2) is 40.1 Å². The van der Waals surface area contributed by atoms with Gasteiger partial charge in [-0.05, 0) is 54.8 Å². The van der Waals surface area contributed by atoms with Crippen LogP contribution in [0.5, 0.6) is 0 Å². The van der Waals surface area contributed by atoms with Crippen LogP contribution in [0, 0.1) is 0 Å². The molecule has 2 N–H and O–H groups in total. The number of hydrogen-bond acceptors (Lipinski definition) is 4. The molecule has 0 aromatic heterocycles. The molecule has 0 spiro atoms. The molecule has 1 fully saturated rings. The predicted molar refractivity (Wildman–Crippen MR) is 120 cm³/mol. The molecule has 1 saturated heterocycles. The molecule has 2 aromatic carbocycles. The zero-order chi connectivity index (χ0) is 21.8. The van der Waals surface area contributed by atoms with E-state index in [0.717, 1.165) is 22.9 Å². The highest BCUT2D eigenvalue weighted by atomic mass is 79.9. The van der Waals surface area contributed by atoms with Crippen LogP contribution in [0.2, 0.25) is 0 Å². The minimum atomic E-state index is -3.63. The Bertz CT molecular complexity index is 967. The topological polar surface area (TPSA) is 84.5 Å². The quantitative estimate of drug-likeness (QED) is 0.586. The lowest BCUT2D eigenvalue weighted by atomic mass is 9.84. The van der Waals surface area contributed by atoms with E-state index in [-0.39, 0.29) is 28.9 Å². The Morgan fingerprint density at radius 2 is 1.80 bits per heavy atom. The van der Waals surface area contributed by atoms with Gasteiger partial charge >= 0.3 is 0 Å². The number of sulfonamides is 1. The van der Waals surface area contributed by atoms with Gasteiger partial charge in [-0.25, -0.2) is 13.1 Å². The van der Waals surface area contributed by atoms with Crippen molar-refractivity contribution in [1.82, 2.24) is 10.0 Å². The Morgan fingerprint density at radius 3 is 2.40 bits per heavy atom. The van der Waals surface area contributed by atoms with Crippen LogP contribution in [0.3, 0.4) is 0 Å². The first-order valence-electron chi connectivity index (χ1n) is 9.93. The Balaban J connectivity index is 1.58. The highest BCUT2D eigenvalue weighted by Gasteiger charge is 2.23. The van der Waals surface area contributed by atoms with Crippen molar-refractivity contribution in [2.24, 2.45) is 0 Å². The van der Waals surface area contributed by atoms with Gasteiger partial charge in [0, 0.05) is 35.1 Å². The molecule has 30 heavy (non-hydrogen) atoms. The van der Waals surface area contributed by atoms with Crippen LogP contribution in [0.15, 0.2) is 57.9 Å². The summed E-state index contributed by atoms with van der Waals surface area (Å²) in [5, 5.41) is 2.94. The minimum absolute atomic E-state index is 0.0705. The zero-order valence-corrected chi connectivity index (χ0v) is 19.6. The molecule has 1 unspecified atom stereocenters. The molecular weight excluding hydrogens is 468 g/mol. The lowest BCUT2D eigenvalue weighted by Crippen LogP contribution is -2.36. The highest BCUT2D eigenvalue weighted by molar-refractivity contribution is 9.10. The van der Waals surface area contributed by atoms with Gasteiger partial charge in [0.25, 0.3) is 5.91 Å². The van der Waals surface area contributed by atoms with E-state index in [1.54, 1.807) is 0 Å². The van der Waals surface area contributed by atoms with Crippen molar-refractivity contribution < 1.29 is 17.9 Å². The third-order valence-electron chi connectivity index (χ3n) is 5.27. The number of carbonyl (C=O) groups excluding carboxylic acids is 1. The summed E-state index contributed by atoms with van der Waals surface area (Å²) in [6, 6.07) is 14.0. The number of benzene rings is 2. The second-order valence-electron chi connectivity index (χ2n) is 8.08. The van der Waals surface area contributed by atoms with E-state index >= 15 is 0 Å². The van der Waals surface area contributed by atoms with Gasteiger partial charge in [0.1, 0.15) is 0 Å². The molecule has 6 nitrogen and oxygen atoms in total. The Hall–Kier alpha value is -1.74. The Labute approximate surface area is 186 Å². The zero-order valence-electron chi connectivity index (χ0n) is 17.2. The fourth-order valence-corrected chi connectivity index (χ4v) is 4.61. The highest BCUT2D eigenvalue weighted by Crippen LogP contribution is 2.24. The third kappa shape index (κ3) is 5.91. The average Bonchev–Trinajstić information content (AvgIpc) is 3.25. The Morgan fingerprint density at radius 1 is 1.13 bits per heavy atom. The van der Waals surface area contributed by atoms with Crippen molar-refractivity contribution in [3.05, 3.63) is 64.1 Å². The van der Waals surface area contributed by atoms with E-state index in [9.17, 15) is 13.2 Å². The van der Waals surface area contributed by atoms with Crippen molar-refractivity contribution in [1.29, 1.82) is 0 Å². The third-order valence-corrected chi connectivity index (χ3v) is 7.24. The smallest absolute Gasteiger partial charge is 0.251 e. The summed E-state index contributed by atoms with van der Waals surface area (Å²) in [6.45, 7) is 5.51. The van der Waals surface area contributed by atoms with Gasteiger partial charge in [0.2, 0.25) is 10.0 Å². The molecule has 0 aliphatic carbocycles. The molecular formula is C22H27BrN2O4S. The number of ether oxygens (including phenoxy) is 1. The van der Waals surface area contributed by atoms with E-state index < -0.39 is 10.0 Å². The van der Waals surface area contributed by atoms with Gasteiger partial charge in [0.15, 0.2) is 0 Å². The summed E-state index contributed by atoms with van der Waals surface area (Å²) in [6.07, 6.45) is 1.74. The lowest BCUT2D eigenvalue weighted by Gasteiger charge is -2.25. The van der Waals surface area contributed by atoms with Crippen molar-refractivity contribution in [3.63, 3.8) is 0 Å². The van der Waals surface area contributed by atoms with Gasteiger partial charge in [-0.3, -0.25) is 4.79 Å². The van der Waals surface area contributed by atoms with Gasteiger partial charge in [-0.1, -0.05) is 41.9 Å². The SMILES string of the molecule is CC(C)(CNC(=O)c1ccc(S(=O)(=O)NCC2CCCO2)cc1)c1ccc(Br)cc1. The van der Waals surface area contributed by atoms with Gasteiger partial charge < -0.3 is 10.1 Å². The molecule has 162 valence electrons. The van der Waals surface area contributed by atoms with Crippen molar-refractivity contribution in [3.8, 4) is 0 Å². The minimum Gasteiger partial charge on any atom is -0.377 e. The monoisotopic (exact) mass is 494 g/mol. The first kappa shape index (κ1) is 22.9. The van der Waals surface area contributed by atoms with E-state index in [2.05, 4.69) is 39.8 Å². The standard InChI is InChI=1S/C22H27BrN2O4S/c1-22(2,17-7-9-18(23)10-8-17)15-24-21(26)16-5-11-20(12-6-16)30(27,28)25-14-19-4-3-13-29-19/h5-12,19,25H,3-4,13-15H2,1-2H3,(H,24,26). The van der Waals surface area contributed by atoms with Crippen molar-refractivity contribution in [2.75, 3.05) is 19.7 Å². The molecule has 1 aliphatic heterocycles. The van der Waals surface area contributed by atoms with Crippen molar-refractivity contribution in [2.45, 2.75) is 43.1 Å². The molecule has 0 bridgehead atoms. The summed E-state index contributed by atoms with van der Waals surface area (Å²) in [5.41, 5.74) is 1.29. The van der Waals surface area contributed by atoms with E-state index in [4.69, 9.17) is 4.74 Å². The second kappa shape index (κ2) is 9.60. The molecule has 3 rings (SSSR count). The van der Waals surface area contributed by atoms with Crippen LogP contribution < -0.4 is 10.0 Å². The van der Waals surface area contributed by atoms with Crippen molar-refractivity contribution >= 4 is 31.9 Å².